The fraction of sp³-hybridized carbons (Fsp3) is 0.625. The number of hydrogen-bond acceptors (Lipinski definition) is 2. The quantitative estimate of drug-likeness (QED) is 0.878. The van der Waals surface area contributed by atoms with Gasteiger partial charge in [0.05, 0.1) is 6.10 Å². The zero-order valence-corrected chi connectivity index (χ0v) is 12.7. The smallest absolute Gasteiger partial charge is 0.120 e. The molecular formula is C16H21BrO2. The topological polar surface area (TPSA) is 29.5 Å². The Hall–Kier alpha value is -0.540. The number of halogens is 1. The first-order valence-electron chi connectivity index (χ1n) is 7.31. The van der Waals surface area contributed by atoms with Gasteiger partial charge in [-0.25, -0.2) is 0 Å². The Bertz CT molecular complexity index is 438. The minimum Gasteiger partial charge on any atom is -0.490 e. The van der Waals surface area contributed by atoms with E-state index in [1.165, 1.54) is 25.7 Å². The van der Waals surface area contributed by atoms with E-state index in [0.717, 1.165) is 29.5 Å². The molecule has 2 aliphatic rings. The number of hydrogen-bond donors (Lipinski definition) is 1. The van der Waals surface area contributed by atoms with Gasteiger partial charge in [-0.3, -0.25) is 0 Å². The summed E-state index contributed by atoms with van der Waals surface area (Å²) in [5, 5.41) is 10.3. The molecule has 2 aliphatic carbocycles. The van der Waals surface area contributed by atoms with Gasteiger partial charge in [-0.2, -0.15) is 0 Å². The van der Waals surface area contributed by atoms with Gasteiger partial charge in [-0.1, -0.05) is 47.7 Å². The minimum atomic E-state index is -0.164. The molecule has 2 saturated carbocycles. The molecule has 0 amide bonds. The summed E-state index contributed by atoms with van der Waals surface area (Å²) in [6, 6.07) is 8.01. The molecule has 2 fully saturated rings. The average molecular weight is 325 g/mol. The molecule has 0 heterocycles. The lowest BCUT2D eigenvalue weighted by Crippen LogP contribution is -2.59. The largest absolute Gasteiger partial charge is 0.490 e. The van der Waals surface area contributed by atoms with Crippen LogP contribution in [0, 0.1) is 5.41 Å². The van der Waals surface area contributed by atoms with Crippen molar-refractivity contribution in [3.63, 3.8) is 0 Å². The van der Waals surface area contributed by atoms with Crippen LogP contribution < -0.4 is 4.74 Å². The van der Waals surface area contributed by atoms with Crippen molar-refractivity contribution in [2.75, 3.05) is 0 Å². The molecule has 2 unspecified atom stereocenters. The zero-order chi connectivity index (χ0) is 13.3. The van der Waals surface area contributed by atoms with Crippen LogP contribution >= 0.6 is 15.9 Å². The number of rotatable bonds is 2. The van der Waals surface area contributed by atoms with Crippen LogP contribution in [0.1, 0.15) is 44.9 Å². The van der Waals surface area contributed by atoms with Gasteiger partial charge in [-0.15, -0.1) is 0 Å². The molecule has 0 bridgehead atoms. The van der Waals surface area contributed by atoms with Crippen molar-refractivity contribution in [3.8, 4) is 5.75 Å². The molecule has 1 aromatic carbocycles. The Morgan fingerprint density at radius 3 is 2.53 bits per heavy atom. The summed E-state index contributed by atoms with van der Waals surface area (Å²) in [6.07, 6.45) is 8.12. The van der Waals surface area contributed by atoms with Crippen LogP contribution in [-0.4, -0.2) is 17.3 Å². The molecule has 0 aromatic heterocycles. The van der Waals surface area contributed by atoms with Crippen molar-refractivity contribution in [2.24, 2.45) is 5.41 Å². The van der Waals surface area contributed by atoms with E-state index in [4.69, 9.17) is 4.74 Å². The molecule has 3 rings (SSSR count). The van der Waals surface area contributed by atoms with E-state index >= 15 is 0 Å². The SMILES string of the molecule is OC1CC(Oc2cccc(Br)c2)C12CCCCCC2. The van der Waals surface area contributed by atoms with Crippen molar-refractivity contribution in [1.82, 2.24) is 0 Å². The Morgan fingerprint density at radius 1 is 1.16 bits per heavy atom. The molecule has 2 atom stereocenters. The van der Waals surface area contributed by atoms with Gasteiger partial charge in [-0.05, 0) is 31.0 Å². The predicted octanol–water partition coefficient (Wildman–Crippen LogP) is 4.30. The van der Waals surface area contributed by atoms with Crippen LogP contribution in [0.15, 0.2) is 28.7 Å². The van der Waals surface area contributed by atoms with Gasteiger partial charge in [0.1, 0.15) is 11.9 Å². The van der Waals surface area contributed by atoms with E-state index in [1.54, 1.807) is 0 Å². The summed E-state index contributed by atoms with van der Waals surface area (Å²) < 4.78 is 7.20. The van der Waals surface area contributed by atoms with Crippen molar-refractivity contribution in [1.29, 1.82) is 0 Å². The van der Waals surface area contributed by atoms with Crippen LogP contribution in [0.3, 0.4) is 0 Å². The Morgan fingerprint density at radius 2 is 1.89 bits per heavy atom. The highest BCUT2D eigenvalue weighted by atomic mass is 79.9. The summed E-state index contributed by atoms with van der Waals surface area (Å²) in [5.74, 6) is 0.912. The molecule has 1 spiro atoms. The maximum atomic E-state index is 10.3. The van der Waals surface area contributed by atoms with Gasteiger partial charge in [0, 0.05) is 16.3 Å². The van der Waals surface area contributed by atoms with E-state index in [0.29, 0.717) is 0 Å². The van der Waals surface area contributed by atoms with Gasteiger partial charge in [0.25, 0.3) is 0 Å². The van der Waals surface area contributed by atoms with Crippen LogP contribution in [0.5, 0.6) is 5.75 Å². The molecule has 2 nitrogen and oxygen atoms in total. The molecule has 0 radical (unpaired) electrons. The lowest BCUT2D eigenvalue weighted by atomic mass is 9.59. The van der Waals surface area contributed by atoms with Gasteiger partial charge in [0.15, 0.2) is 0 Å². The number of aliphatic hydroxyl groups excluding tert-OH is 1. The fourth-order valence-electron chi connectivity index (χ4n) is 3.64. The lowest BCUT2D eigenvalue weighted by Gasteiger charge is -2.53. The predicted molar refractivity (Wildman–Crippen MR) is 79.3 cm³/mol. The van der Waals surface area contributed by atoms with Crippen LogP contribution in [-0.2, 0) is 0 Å². The Kier molecular flexibility index (Phi) is 3.86. The highest BCUT2D eigenvalue weighted by Gasteiger charge is 2.55. The minimum absolute atomic E-state index is 0.0266. The maximum Gasteiger partial charge on any atom is 0.120 e. The molecule has 0 aliphatic heterocycles. The van der Waals surface area contributed by atoms with Gasteiger partial charge < -0.3 is 9.84 Å². The summed E-state index contributed by atoms with van der Waals surface area (Å²) in [4.78, 5) is 0. The highest BCUT2D eigenvalue weighted by Crippen LogP contribution is 2.52. The number of ether oxygens (including phenoxy) is 1. The van der Waals surface area contributed by atoms with Crippen LogP contribution in [0.4, 0.5) is 0 Å². The zero-order valence-electron chi connectivity index (χ0n) is 11.1. The molecule has 0 saturated heterocycles. The van der Waals surface area contributed by atoms with E-state index < -0.39 is 0 Å². The summed E-state index contributed by atoms with van der Waals surface area (Å²) in [5.41, 5.74) is 0.0266. The van der Waals surface area contributed by atoms with Crippen molar-refractivity contribution >= 4 is 15.9 Å². The molecule has 1 aromatic rings. The molecule has 1 N–H and O–H groups in total. The van der Waals surface area contributed by atoms with E-state index in [2.05, 4.69) is 15.9 Å². The van der Waals surface area contributed by atoms with Gasteiger partial charge in [0.2, 0.25) is 0 Å². The first kappa shape index (κ1) is 13.4. The third-order valence-electron chi connectivity index (χ3n) is 4.85. The first-order chi connectivity index (χ1) is 9.21. The molecule has 19 heavy (non-hydrogen) atoms. The Balaban J connectivity index is 1.74. The Labute approximate surface area is 123 Å². The van der Waals surface area contributed by atoms with Gasteiger partial charge >= 0.3 is 0 Å². The second-order valence-electron chi connectivity index (χ2n) is 5.96. The molecule has 3 heteroatoms. The van der Waals surface area contributed by atoms with Crippen molar-refractivity contribution < 1.29 is 9.84 Å². The summed E-state index contributed by atoms with van der Waals surface area (Å²) in [7, 11) is 0. The molecular weight excluding hydrogens is 304 g/mol. The lowest BCUT2D eigenvalue weighted by molar-refractivity contribution is -0.163. The average Bonchev–Trinajstić information content (AvgIpc) is 2.66. The normalized spacial score (nSPS) is 29.6. The van der Waals surface area contributed by atoms with Crippen molar-refractivity contribution in [3.05, 3.63) is 28.7 Å². The van der Waals surface area contributed by atoms with E-state index in [1.807, 2.05) is 24.3 Å². The summed E-state index contributed by atoms with van der Waals surface area (Å²) >= 11 is 3.47. The number of aliphatic hydroxyl groups is 1. The monoisotopic (exact) mass is 324 g/mol. The maximum absolute atomic E-state index is 10.3. The summed E-state index contributed by atoms with van der Waals surface area (Å²) in [6.45, 7) is 0. The fourth-order valence-corrected chi connectivity index (χ4v) is 4.02. The second-order valence-corrected chi connectivity index (χ2v) is 6.88. The number of benzene rings is 1. The highest BCUT2D eigenvalue weighted by molar-refractivity contribution is 9.10. The third-order valence-corrected chi connectivity index (χ3v) is 5.34. The standard InChI is InChI=1S/C16H21BrO2/c17-12-6-5-7-13(10-12)19-15-11-14(18)16(15)8-3-1-2-4-9-16/h5-7,10,14-15,18H,1-4,8-9,11H2. The van der Waals surface area contributed by atoms with E-state index in [9.17, 15) is 5.11 Å². The van der Waals surface area contributed by atoms with Crippen LogP contribution in [0.25, 0.3) is 0 Å². The van der Waals surface area contributed by atoms with Crippen molar-refractivity contribution in [2.45, 2.75) is 57.2 Å². The van der Waals surface area contributed by atoms with Crippen LogP contribution in [0.2, 0.25) is 0 Å². The van der Waals surface area contributed by atoms with E-state index in [-0.39, 0.29) is 17.6 Å². The molecule has 104 valence electrons. The second kappa shape index (κ2) is 5.45. The third kappa shape index (κ3) is 2.55. The first-order valence-corrected chi connectivity index (χ1v) is 8.10.